The summed E-state index contributed by atoms with van der Waals surface area (Å²) >= 11 is 13.8. The van der Waals surface area contributed by atoms with Gasteiger partial charge in [-0.25, -0.2) is 0 Å². The predicted molar refractivity (Wildman–Crippen MR) is 59.7 cm³/mol. The first-order valence-corrected chi connectivity index (χ1v) is 5.88. The van der Waals surface area contributed by atoms with Gasteiger partial charge in [-0.1, -0.05) is 29.3 Å². The maximum Gasteiger partial charge on any atom is 0.0804 e. The number of rotatable bonds is 1. The Kier molecular flexibility index (Phi) is 3.04. The van der Waals surface area contributed by atoms with E-state index in [2.05, 4.69) is 5.32 Å². The zero-order chi connectivity index (χ0) is 9.26. The van der Waals surface area contributed by atoms with Gasteiger partial charge >= 0.3 is 0 Å². The first-order chi connectivity index (χ1) is 6.27. The van der Waals surface area contributed by atoms with E-state index < -0.39 is 0 Å². The third-order valence-corrected chi connectivity index (χ3v) is 3.72. The first-order valence-electron chi connectivity index (χ1n) is 4.07. The van der Waals surface area contributed by atoms with Crippen molar-refractivity contribution in [2.75, 3.05) is 12.3 Å². The fourth-order valence-corrected chi connectivity index (χ4v) is 3.01. The summed E-state index contributed by atoms with van der Waals surface area (Å²) in [6, 6.07) is 5.66. The summed E-state index contributed by atoms with van der Waals surface area (Å²) in [4.78, 5) is 0. The Morgan fingerprint density at radius 3 is 2.85 bits per heavy atom. The molecule has 13 heavy (non-hydrogen) atoms. The van der Waals surface area contributed by atoms with Crippen LogP contribution in [-0.4, -0.2) is 12.3 Å². The quantitative estimate of drug-likeness (QED) is 0.799. The van der Waals surface area contributed by atoms with Crippen molar-refractivity contribution in [3.63, 3.8) is 0 Å². The van der Waals surface area contributed by atoms with Gasteiger partial charge in [0.1, 0.15) is 0 Å². The molecular formula is C9H9Cl2NS. The molecule has 0 spiro atoms. The maximum atomic E-state index is 6.07. The van der Waals surface area contributed by atoms with Crippen LogP contribution in [0, 0.1) is 0 Å². The Bertz CT molecular complexity index is 310. The van der Waals surface area contributed by atoms with Crippen LogP contribution in [0.1, 0.15) is 10.9 Å². The zero-order valence-electron chi connectivity index (χ0n) is 6.89. The normalized spacial score (nSPS) is 22.2. The Hall–Kier alpha value is 0.110. The van der Waals surface area contributed by atoms with E-state index in [0.29, 0.717) is 10.4 Å². The molecule has 4 heteroatoms. The summed E-state index contributed by atoms with van der Waals surface area (Å²) in [5.41, 5.74) is 1.13. The molecule has 0 saturated carbocycles. The largest absolute Gasteiger partial charge is 0.301 e. The van der Waals surface area contributed by atoms with Crippen molar-refractivity contribution >= 4 is 35.0 Å². The third kappa shape index (κ3) is 2.13. The lowest BCUT2D eigenvalue weighted by Gasteiger charge is -2.11. The summed E-state index contributed by atoms with van der Waals surface area (Å²) in [5.74, 6) is 1.14. The molecule has 1 aromatic rings. The van der Waals surface area contributed by atoms with Crippen LogP contribution in [0.15, 0.2) is 18.2 Å². The minimum atomic E-state index is 0.338. The number of hydrogen-bond donors (Lipinski definition) is 1. The van der Waals surface area contributed by atoms with Crippen molar-refractivity contribution in [3.05, 3.63) is 33.8 Å². The molecule has 1 nitrogen and oxygen atoms in total. The van der Waals surface area contributed by atoms with E-state index in [0.717, 1.165) is 22.9 Å². The summed E-state index contributed by atoms with van der Waals surface area (Å²) in [7, 11) is 0. The van der Waals surface area contributed by atoms with Crippen molar-refractivity contribution in [1.29, 1.82) is 0 Å². The van der Waals surface area contributed by atoms with E-state index in [1.54, 1.807) is 6.07 Å². The highest BCUT2D eigenvalue weighted by Gasteiger charge is 2.18. The molecule has 1 fully saturated rings. The van der Waals surface area contributed by atoms with Gasteiger partial charge in [0.05, 0.1) is 5.37 Å². The van der Waals surface area contributed by atoms with Gasteiger partial charge in [-0.15, -0.1) is 11.8 Å². The van der Waals surface area contributed by atoms with E-state index >= 15 is 0 Å². The maximum absolute atomic E-state index is 6.07. The van der Waals surface area contributed by atoms with Gasteiger partial charge in [-0.2, -0.15) is 0 Å². The fourth-order valence-electron chi connectivity index (χ4n) is 1.34. The van der Waals surface area contributed by atoms with Gasteiger partial charge in [0.15, 0.2) is 0 Å². The summed E-state index contributed by atoms with van der Waals surface area (Å²) in [6.45, 7) is 1.05. The molecule has 0 aliphatic carbocycles. The Balaban J connectivity index is 2.29. The average molecular weight is 234 g/mol. The molecule has 1 heterocycles. The molecule has 0 amide bonds. The number of benzene rings is 1. The first kappa shape index (κ1) is 9.66. The second-order valence-electron chi connectivity index (χ2n) is 2.87. The lowest BCUT2D eigenvalue weighted by atomic mass is 10.2. The molecule has 0 bridgehead atoms. The van der Waals surface area contributed by atoms with Gasteiger partial charge in [0.25, 0.3) is 0 Å². The van der Waals surface area contributed by atoms with Crippen LogP contribution in [0.4, 0.5) is 0 Å². The Morgan fingerprint density at radius 1 is 1.38 bits per heavy atom. The van der Waals surface area contributed by atoms with Crippen molar-refractivity contribution in [2.24, 2.45) is 0 Å². The second kappa shape index (κ2) is 4.09. The highest BCUT2D eigenvalue weighted by Crippen LogP contribution is 2.35. The van der Waals surface area contributed by atoms with Crippen LogP contribution in [0.25, 0.3) is 0 Å². The molecule has 1 aliphatic rings. The van der Waals surface area contributed by atoms with Crippen LogP contribution in [0.3, 0.4) is 0 Å². The van der Waals surface area contributed by atoms with E-state index in [9.17, 15) is 0 Å². The predicted octanol–water partition coefficient (Wildman–Crippen LogP) is 3.33. The number of halogens is 2. The van der Waals surface area contributed by atoms with Gasteiger partial charge in [0, 0.05) is 22.3 Å². The Morgan fingerprint density at radius 2 is 2.23 bits per heavy atom. The van der Waals surface area contributed by atoms with Crippen LogP contribution in [0.5, 0.6) is 0 Å². The summed E-state index contributed by atoms with van der Waals surface area (Å²) in [5, 5.41) is 5.15. The summed E-state index contributed by atoms with van der Waals surface area (Å²) in [6.07, 6.45) is 0. The SMILES string of the molecule is Clc1ccc(C2NCCS2)c(Cl)c1. The number of thioether (sulfide) groups is 1. The van der Waals surface area contributed by atoms with Crippen LogP contribution in [-0.2, 0) is 0 Å². The second-order valence-corrected chi connectivity index (χ2v) is 4.93. The van der Waals surface area contributed by atoms with Crippen LogP contribution in [0.2, 0.25) is 10.0 Å². The monoisotopic (exact) mass is 233 g/mol. The molecule has 2 rings (SSSR count). The van der Waals surface area contributed by atoms with Crippen molar-refractivity contribution in [1.82, 2.24) is 5.32 Å². The molecule has 1 aromatic carbocycles. The number of hydrogen-bond acceptors (Lipinski definition) is 2. The molecule has 0 radical (unpaired) electrons. The molecule has 1 unspecified atom stereocenters. The van der Waals surface area contributed by atoms with E-state index in [4.69, 9.17) is 23.2 Å². The molecule has 1 aliphatic heterocycles. The number of nitrogens with one attached hydrogen (secondary N) is 1. The standard InChI is InChI=1S/C9H9Cl2NS/c10-6-1-2-7(8(11)5-6)9-12-3-4-13-9/h1-2,5,9,12H,3-4H2. The van der Waals surface area contributed by atoms with Crippen molar-refractivity contribution in [2.45, 2.75) is 5.37 Å². The van der Waals surface area contributed by atoms with Crippen molar-refractivity contribution in [3.8, 4) is 0 Å². The minimum absolute atomic E-state index is 0.338. The lowest BCUT2D eigenvalue weighted by molar-refractivity contribution is 0.751. The molecule has 0 aromatic heterocycles. The van der Waals surface area contributed by atoms with Gasteiger partial charge in [0.2, 0.25) is 0 Å². The Labute approximate surface area is 91.8 Å². The highest BCUT2D eigenvalue weighted by molar-refractivity contribution is 7.99. The zero-order valence-corrected chi connectivity index (χ0v) is 9.22. The topological polar surface area (TPSA) is 12.0 Å². The van der Waals surface area contributed by atoms with E-state index in [-0.39, 0.29) is 0 Å². The van der Waals surface area contributed by atoms with Crippen LogP contribution < -0.4 is 5.32 Å². The third-order valence-electron chi connectivity index (χ3n) is 1.96. The molecule has 1 atom stereocenters. The molecule has 70 valence electrons. The van der Waals surface area contributed by atoms with E-state index in [1.807, 2.05) is 23.9 Å². The smallest absolute Gasteiger partial charge is 0.0804 e. The van der Waals surface area contributed by atoms with E-state index in [1.165, 1.54) is 0 Å². The van der Waals surface area contributed by atoms with Gasteiger partial charge in [-0.05, 0) is 17.7 Å². The lowest BCUT2D eigenvalue weighted by Crippen LogP contribution is -2.12. The molecule has 1 saturated heterocycles. The van der Waals surface area contributed by atoms with Gasteiger partial charge < -0.3 is 5.32 Å². The minimum Gasteiger partial charge on any atom is -0.301 e. The fraction of sp³-hybridized carbons (Fsp3) is 0.333. The summed E-state index contributed by atoms with van der Waals surface area (Å²) < 4.78 is 0. The van der Waals surface area contributed by atoms with Crippen LogP contribution >= 0.6 is 35.0 Å². The molecule has 1 N–H and O–H groups in total. The van der Waals surface area contributed by atoms with Gasteiger partial charge in [-0.3, -0.25) is 0 Å². The highest BCUT2D eigenvalue weighted by atomic mass is 35.5. The van der Waals surface area contributed by atoms with Crippen molar-refractivity contribution < 1.29 is 0 Å². The molecular weight excluding hydrogens is 225 g/mol. The average Bonchev–Trinajstić information content (AvgIpc) is 2.56.